The van der Waals surface area contributed by atoms with E-state index in [1.807, 2.05) is 12.1 Å². The highest BCUT2D eigenvalue weighted by molar-refractivity contribution is 7.80. The number of hydrogen-bond donors (Lipinski definition) is 1. The zero-order valence-electron chi connectivity index (χ0n) is 11.3. The van der Waals surface area contributed by atoms with Gasteiger partial charge in [0.05, 0.1) is 11.7 Å². The number of aromatic nitrogens is 1. The van der Waals surface area contributed by atoms with E-state index in [1.165, 1.54) is 0 Å². The molecule has 19 heavy (non-hydrogen) atoms. The lowest BCUT2D eigenvalue weighted by atomic mass is 10.1. The monoisotopic (exact) mass is 279 g/mol. The third kappa shape index (κ3) is 3.64. The van der Waals surface area contributed by atoms with Crippen LogP contribution in [0.4, 0.5) is 5.82 Å². The maximum atomic E-state index is 5.85. The molecule has 1 aliphatic rings. The van der Waals surface area contributed by atoms with E-state index in [-0.39, 0.29) is 6.10 Å². The van der Waals surface area contributed by atoms with Crippen molar-refractivity contribution in [2.24, 2.45) is 5.73 Å². The highest BCUT2D eigenvalue weighted by Gasteiger charge is 2.23. The first-order valence-corrected chi connectivity index (χ1v) is 7.24. The van der Waals surface area contributed by atoms with Crippen LogP contribution in [0.1, 0.15) is 31.7 Å². The van der Waals surface area contributed by atoms with Crippen LogP contribution in [0, 0.1) is 0 Å². The molecule has 2 heterocycles. The first kappa shape index (κ1) is 14.2. The average molecular weight is 279 g/mol. The number of piperidine rings is 1. The molecule has 0 radical (unpaired) electrons. The van der Waals surface area contributed by atoms with Crippen molar-refractivity contribution in [3.8, 4) is 0 Å². The molecule has 0 spiro atoms. The molecule has 0 bridgehead atoms. The van der Waals surface area contributed by atoms with Crippen LogP contribution in [0.25, 0.3) is 0 Å². The fourth-order valence-corrected chi connectivity index (χ4v) is 2.55. The Balaban J connectivity index is 2.11. The van der Waals surface area contributed by atoms with Gasteiger partial charge >= 0.3 is 0 Å². The fraction of sp³-hybridized carbons (Fsp3) is 0.571. The average Bonchev–Trinajstić information content (AvgIpc) is 2.45. The van der Waals surface area contributed by atoms with E-state index in [2.05, 4.69) is 16.8 Å². The maximum Gasteiger partial charge on any atom is 0.138 e. The van der Waals surface area contributed by atoms with Gasteiger partial charge in [-0.3, -0.25) is 0 Å². The predicted molar refractivity (Wildman–Crippen MR) is 81.6 cm³/mol. The van der Waals surface area contributed by atoms with Gasteiger partial charge in [-0.05, 0) is 31.4 Å². The number of thiocarbonyl (C=S) groups is 1. The van der Waals surface area contributed by atoms with E-state index in [1.54, 1.807) is 6.20 Å². The van der Waals surface area contributed by atoms with Gasteiger partial charge in [0.25, 0.3) is 0 Å². The number of hydrogen-bond acceptors (Lipinski definition) is 4. The van der Waals surface area contributed by atoms with Crippen molar-refractivity contribution in [3.63, 3.8) is 0 Å². The minimum Gasteiger partial charge on any atom is -0.389 e. The second-order valence-corrected chi connectivity index (χ2v) is 5.26. The van der Waals surface area contributed by atoms with Crippen LogP contribution in [-0.2, 0) is 4.74 Å². The molecule has 104 valence electrons. The van der Waals surface area contributed by atoms with Crippen LogP contribution in [0.5, 0.6) is 0 Å². The van der Waals surface area contributed by atoms with E-state index in [0.717, 1.165) is 50.3 Å². The Kier molecular flexibility index (Phi) is 5.10. The second kappa shape index (κ2) is 6.82. The Labute approximate surface area is 120 Å². The van der Waals surface area contributed by atoms with Crippen LogP contribution >= 0.6 is 12.2 Å². The maximum absolute atomic E-state index is 5.85. The number of nitrogens with two attached hydrogens (primary N) is 1. The van der Waals surface area contributed by atoms with Gasteiger partial charge in [-0.1, -0.05) is 19.1 Å². The minimum absolute atomic E-state index is 0.287. The van der Waals surface area contributed by atoms with Crippen LogP contribution in [0.3, 0.4) is 0 Å². The minimum atomic E-state index is 0.287. The summed E-state index contributed by atoms with van der Waals surface area (Å²) in [4.78, 5) is 7.08. The second-order valence-electron chi connectivity index (χ2n) is 4.82. The SMILES string of the molecule is CCCOC1CCCN(c2ncccc2C(N)=S)C1. The van der Waals surface area contributed by atoms with Crippen molar-refractivity contribution in [2.75, 3.05) is 24.6 Å². The first-order chi connectivity index (χ1) is 9.22. The molecule has 1 aliphatic heterocycles. The predicted octanol–water partition coefficient (Wildman–Crippen LogP) is 2.11. The van der Waals surface area contributed by atoms with Gasteiger partial charge in [-0.15, -0.1) is 0 Å². The standard InChI is InChI=1S/C14H21N3OS/c1-2-9-18-11-5-4-8-17(10-11)14-12(13(15)19)6-3-7-16-14/h3,6-7,11H,2,4-5,8-10H2,1H3,(H2,15,19). The van der Waals surface area contributed by atoms with Crippen molar-refractivity contribution in [2.45, 2.75) is 32.3 Å². The molecule has 5 heteroatoms. The van der Waals surface area contributed by atoms with Gasteiger partial charge in [0.1, 0.15) is 10.8 Å². The van der Waals surface area contributed by atoms with Gasteiger partial charge < -0.3 is 15.4 Å². The number of ether oxygens (including phenoxy) is 1. The van der Waals surface area contributed by atoms with Crippen molar-refractivity contribution >= 4 is 23.0 Å². The molecule has 1 saturated heterocycles. The van der Waals surface area contributed by atoms with E-state index in [9.17, 15) is 0 Å². The highest BCUT2D eigenvalue weighted by atomic mass is 32.1. The quantitative estimate of drug-likeness (QED) is 0.837. The lowest BCUT2D eigenvalue weighted by Crippen LogP contribution is -2.41. The van der Waals surface area contributed by atoms with Crippen LogP contribution in [-0.4, -0.2) is 35.8 Å². The molecule has 1 aromatic heterocycles. The molecule has 1 fully saturated rings. The van der Waals surface area contributed by atoms with Crippen molar-refractivity contribution in [1.82, 2.24) is 4.98 Å². The number of nitrogens with zero attached hydrogens (tertiary/aromatic N) is 2. The third-order valence-electron chi connectivity index (χ3n) is 3.29. The summed E-state index contributed by atoms with van der Waals surface area (Å²) >= 11 is 5.10. The fourth-order valence-electron chi connectivity index (χ4n) is 2.39. The molecule has 1 aromatic rings. The lowest BCUT2D eigenvalue weighted by molar-refractivity contribution is 0.0439. The smallest absolute Gasteiger partial charge is 0.138 e. The first-order valence-electron chi connectivity index (χ1n) is 6.83. The molecule has 0 amide bonds. The molecule has 4 nitrogen and oxygen atoms in total. The Morgan fingerprint density at radius 2 is 2.47 bits per heavy atom. The van der Waals surface area contributed by atoms with E-state index in [0.29, 0.717) is 4.99 Å². The highest BCUT2D eigenvalue weighted by Crippen LogP contribution is 2.23. The Hall–Kier alpha value is -1.20. The third-order valence-corrected chi connectivity index (χ3v) is 3.51. The molecule has 2 rings (SSSR count). The number of rotatable bonds is 5. The largest absolute Gasteiger partial charge is 0.389 e. The molecular formula is C14H21N3OS. The molecule has 2 N–H and O–H groups in total. The molecule has 1 atom stereocenters. The van der Waals surface area contributed by atoms with Gasteiger partial charge in [-0.2, -0.15) is 0 Å². The van der Waals surface area contributed by atoms with Crippen molar-refractivity contribution < 1.29 is 4.74 Å². The van der Waals surface area contributed by atoms with Gasteiger partial charge in [-0.25, -0.2) is 4.98 Å². The normalized spacial score (nSPS) is 19.4. The summed E-state index contributed by atoms with van der Waals surface area (Å²) in [6.07, 6.45) is 5.36. The molecule has 0 saturated carbocycles. The summed E-state index contributed by atoms with van der Waals surface area (Å²) in [7, 11) is 0. The summed E-state index contributed by atoms with van der Waals surface area (Å²) in [5, 5.41) is 0. The van der Waals surface area contributed by atoms with E-state index >= 15 is 0 Å². The van der Waals surface area contributed by atoms with Crippen LogP contribution in [0.15, 0.2) is 18.3 Å². The van der Waals surface area contributed by atoms with E-state index in [4.69, 9.17) is 22.7 Å². The number of pyridine rings is 1. The Morgan fingerprint density at radius 1 is 1.63 bits per heavy atom. The molecule has 0 aliphatic carbocycles. The van der Waals surface area contributed by atoms with Crippen molar-refractivity contribution in [1.29, 1.82) is 0 Å². The zero-order valence-corrected chi connectivity index (χ0v) is 12.2. The van der Waals surface area contributed by atoms with Gasteiger partial charge in [0, 0.05) is 25.9 Å². The topological polar surface area (TPSA) is 51.4 Å². The van der Waals surface area contributed by atoms with Crippen LogP contribution < -0.4 is 10.6 Å². The molecular weight excluding hydrogens is 258 g/mol. The van der Waals surface area contributed by atoms with Gasteiger partial charge in [0.15, 0.2) is 0 Å². The zero-order chi connectivity index (χ0) is 13.7. The van der Waals surface area contributed by atoms with Crippen molar-refractivity contribution in [3.05, 3.63) is 23.9 Å². The summed E-state index contributed by atoms with van der Waals surface area (Å²) in [5.41, 5.74) is 6.62. The summed E-state index contributed by atoms with van der Waals surface area (Å²) in [6, 6.07) is 3.80. The molecule has 0 aromatic carbocycles. The summed E-state index contributed by atoms with van der Waals surface area (Å²) in [6.45, 7) is 4.80. The van der Waals surface area contributed by atoms with Gasteiger partial charge in [0.2, 0.25) is 0 Å². The summed E-state index contributed by atoms with van der Waals surface area (Å²) in [5.74, 6) is 0.889. The van der Waals surface area contributed by atoms with E-state index < -0.39 is 0 Å². The number of anilines is 1. The van der Waals surface area contributed by atoms with Crippen LogP contribution in [0.2, 0.25) is 0 Å². The Morgan fingerprint density at radius 3 is 3.21 bits per heavy atom. The summed E-state index contributed by atoms with van der Waals surface area (Å²) < 4.78 is 5.85. The molecule has 1 unspecified atom stereocenters. The lowest BCUT2D eigenvalue weighted by Gasteiger charge is -2.34. The Bertz CT molecular complexity index is 438.